The predicted molar refractivity (Wildman–Crippen MR) is 89.0 cm³/mol. The third-order valence-corrected chi connectivity index (χ3v) is 4.37. The van der Waals surface area contributed by atoms with Crippen LogP contribution in [0.15, 0.2) is 30.3 Å². The average molecular weight is 320 g/mol. The molecule has 1 aromatic rings. The molecule has 4 atom stereocenters. The topological polar surface area (TPSA) is 44.8 Å². The van der Waals surface area contributed by atoms with Gasteiger partial charge in [-0.05, 0) is 38.2 Å². The Labute approximate surface area is 139 Å². The fourth-order valence-corrected chi connectivity index (χ4v) is 3.06. The van der Waals surface area contributed by atoms with Crippen LogP contribution < -0.4 is 0 Å². The van der Waals surface area contributed by atoms with Crippen LogP contribution in [0.2, 0.25) is 0 Å². The van der Waals surface area contributed by atoms with E-state index in [1.54, 1.807) is 0 Å². The van der Waals surface area contributed by atoms with Crippen LogP contribution in [0.3, 0.4) is 0 Å². The van der Waals surface area contributed by atoms with Gasteiger partial charge in [0, 0.05) is 0 Å². The Kier molecular flexibility index (Phi) is 7.06. The molecular formula is C19H28O4. The van der Waals surface area contributed by atoms with Crippen molar-refractivity contribution in [3.8, 4) is 0 Å². The van der Waals surface area contributed by atoms with Crippen molar-refractivity contribution in [1.29, 1.82) is 0 Å². The fourth-order valence-electron chi connectivity index (χ4n) is 3.06. The lowest BCUT2D eigenvalue weighted by Crippen LogP contribution is -2.42. The van der Waals surface area contributed by atoms with Gasteiger partial charge in [-0.2, -0.15) is 0 Å². The molecule has 1 aromatic carbocycles. The number of hydrogen-bond donors (Lipinski definition) is 0. The summed E-state index contributed by atoms with van der Waals surface area (Å²) in [4.78, 5) is 11.6. The van der Waals surface area contributed by atoms with Crippen molar-refractivity contribution in [3.05, 3.63) is 35.9 Å². The van der Waals surface area contributed by atoms with Crippen LogP contribution in [0.25, 0.3) is 0 Å². The van der Waals surface area contributed by atoms with Gasteiger partial charge in [-0.15, -0.1) is 0 Å². The standard InChI is InChI=1S/C19H28O4/c1-4-21-18(20)12-17-11-10-14(2)19(23-17)15(3)22-13-16-8-6-5-7-9-16/h5-9,14-15,17,19H,4,10-13H2,1-3H3/t14-,15-,17+,19-/m0/s1. The lowest BCUT2D eigenvalue weighted by atomic mass is 9.89. The lowest BCUT2D eigenvalue weighted by Gasteiger charge is -2.37. The van der Waals surface area contributed by atoms with Gasteiger partial charge in [-0.1, -0.05) is 37.3 Å². The Morgan fingerprint density at radius 1 is 1.30 bits per heavy atom. The Bertz CT molecular complexity index is 474. The first-order valence-electron chi connectivity index (χ1n) is 8.56. The van der Waals surface area contributed by atoms with Crippen LogP contribution in [0.4, 0.5) is 0 Å². The fraction of sp³-hybridized carbons (Fsp3) is 0.632. The number of benzene rings is 1. The van der Waals surface area contributed by atoms with E-state index in [0.717, 1.165) is 18.4 Å². The lowest BCUT2D eigenvalue weighted by molar-refractivity contribution is -0.164. The van der Waals surface area contributed by atoms with Crippen LogP contribution in [0, 0.1) is 5.92 Å². The molecule has 0 radical (unpaired) electrons. The van der Waals surface area contributed by atoms with Gasteiger partial charge in [0.15, 0.2) is 0 Å². The zero-order chi connectivity index (χ0) is 16.7. The second kappa shape index (κ2) is 9.04. The molecule has 1 aliphatic rings. The van der Waals surface area contributed by atoms with Gasteiger partial charge in [0.2, 0.25) is 0 Å². The molecule has 1 heterocycles. The first-order valence-corrected chi connectivity index (χ1v) is 8.56. The molecule has 23 heavy (non-hydrogen) atoms. The molecule has 0 aliphatic carbocycles. The van der Waals surface area contributed by atoms with E-state index in [-0.39, 0.29) is 24.3 Å². The van der Waals surface area contributed by atoms with Crippen LogP contribution in [-0.4, -0.2) is 30.9 Å². The van der Waals surface area contributed by atoms with Crippen molar-refractivity contribution >= 4 is 5.97 Å². The molecule has 0 spiro atoms. The largest absolute Gasteiger partial charge is 0.466 e. The SMILES string of the molecule is CCOC(=O)C[C@H]1CC[C@H](C)[C@@H]([C@H](C)OCc2ccccc2)O1. The van der Waals surface area contributed by atoms with E-state index in [4.69, 9.17) is 14.2 Å². The van der Waals surface area contributed by atoms with Gasteiger partial charge in [0.1, 0.15) is 0 Å². The zero-order valence-electron chi connectivity index (χ0n) is 14.4. The van der Waals surface area contributed by atoms with Gasteiger partial charge in [-0.25, -0.2) is 0 Å². The summed E-state index contributed by atoms with van der Waals surface area (Å²) in [6.07, 6.45) is 2.25. The summed E-state index contributed by atoms with van der Waals surface area (Å²) in [6, 6.07) is 10.1. The zero-order valence-corrected chi connectivity index (χ0v) is 14.4. The van der Waals surface area contributed by atoms with Crippen LogP contribution in [-0.2, 0) is 25.6 Å². The van der Waals surface area contributed by atoms with Gasteiger partial charge in [-0.3, -0.25) is 4.79 Å². The summed E-state index contributed by atoms with van der Waals surface area (Å²) in [5, 5.41) is 0. The molecule has 2 rings (SSSR count). The summed E-state index contributed by atoms with van der Waals surface area (Å²) in [5.74, 6) is 0.253. The second-order valence-electron chi connectivity index (χ2n) is 6.29. The maximum absolute atomic E-state index is 11.6. The van der Waals surface area contributed by atoms with Crippen LogP contribution in [0.5, 0.6) is 0 Å². The van der Waals surface area contributed by atoms with Crippen molar-refractivity contribution in [1.82, 2.24) is 0 Å². The van der Waals surface area contributed by atoms with Crippen molar-refractivity contribution in [3.63, 3.8) is 0 Å². The minimum atomic E-state index is -0.177. The van der Waals surface area contributed by atoms with Gasteiger partial charge in [0.25, 0.3) is 0 Å². The number of esters is 1. The monoisotopic (exact) mass is 320 g/mol. The summed E-state index contributed by atoms with van der Waals surface area (Å²) in [7, 11) is 0. The van der Waals surface area contributed by atoms with E-state index in [2.05, 4.69) is 26.0 Å². The van der Waals surface area contributed by atoms with Crippen molar-refractivity contribution in [2.24, 2.45) is 5.92 Å². The summed E-state index contributed by atoms with van der Waals surface area (Å²) in [6.45, 7) is 7.06. The molecule has 1 saturated heterocycles. The van der Waals surface area contributed by atoms with Crippen molar-refractivity contribution in [2.45, 2.75) is 65.0 Å². The minimum Gasteiger partial charge on any atom is -0.466 e. The number of rotatable bonds is 7. The van der Waals surface area contributed by atoms with Crippen LogP contribution >= 0.6 is 0 Å². The molecule has 0 N–H and O–H groups in total. The molecule has 0 bridgehead atoms. The summed E-state index contributed by atoms with van der Waals surface area (Å²) >= 11 is 0. The highest BCUT2D eigenvalue weighted by molar-refractivity contribution is 5.69. The number of ether oxygens (including phenoxy) is 3. The third-order valence-electron chi connectivity index (χ3n) is 4.37. The molecule has 0 unspecified atom stereocenters. The van der Waals surface area contributed by atoms with E-state index in [1.807, 2.05) is 25.1 Å². The molecule has 0 saturated carbocycles. The van der Waals surface area contributed by atoms with E-state index in [0.29, 0.717) is 25.6 Å². The molecule has 4 nitrogen and oxygen atoms in total. The molecule has 0 aromatic heterocycles. The quantitative estimate of drug-likeness (QED) is 0.718. The Balaban J connectivity index is 1.84. The molecule has 1 aliphatic heterocycles. The first kappa shape index (κ1) is 18.0. The highest BCUT2D eigenvalue weighted by Crippen LogP contribution is 2.29. The molecule has 4 heteroatoms. The van der Waals surface area contributed by atoms with Crippen LogP contribution in [0.1, 0.15) is 45.6 Å². The van der Waals surface area contributed by atoms with E-state index in [1.165, 1.54) is 0 Å². The highest BCUT2D eigenvalue weighted by Gasteiger charge is 2.33. The van der Waals surface area contributed by atoms with Gasteiger partial charge < -0.3 is 14.2 Å². The normalized spacial score (nSPS) is 25.8. The highest BCUT2D eigenvalue weighted by atomic mass is 16.6. The van der Waals surface area contributed by atoms with E-state index in [9.17, 15) is 4.79 Å². The number of carbonyl (C=O) groups excluding carboxylic acids is 1. The Morgan fingerprint density at radius 3 is 2.74 bits per heavy atom. The smallest absolute Gasteiger partial charge is 0.308 e. The maximum Gasteiger partial charge on any atom is 0.308 e. The summed E-state index contributed by atoms with van der Waals surface area (Å²) in [5.41, 5.74) is 1.16. The number of carbonyl (C=O) groups is 1. The Hall–Kier alpha value is -1.39. The second-order valence-corrected chi connectivity index (χ2v) is 6.29. The maximum atomic E-state index is 11.6. The minimum absolute atomic E-state index is 0.00444. The summed E-state index contributed by atoms with van der Waals surface area (Å²) < 4.78 is 17.2. The average Bonchev–Trinajstić information content (AvgIpc) is 2.55. The first-order chi connectivity index (χ1) is 11.1. The van der Waals surface area contributed by atoms with Gasteiger partial charge in [0.05, 0.1) is 37.9 Å². The predicted octanol–water partition coefficient (Wildman–Crippen LogP) is 3.73. The molecular weight excluding hydrogens is 292 g/mol. The third kappa shape index (κ3) is 5.63. The molecule has 0 amide bonds. The Morgan fingerprint density at radius 2 is 2.04 bits per heavy atom. The van der Waals surface area contributed by atoms with Crippen molar-refractivity contribution in [2.75, 3.05) is 6.61 Å². The van der Waals surface area contributed by atoms with Gasteiger partial charge >= 0.3 is 5.97 Å². The number of hydrogen-bond acceptors (Lipinski definition) is 4. The van der Waals surface area contributed by atoms with Crippen molar-refractivity contribution < 1.29 is 19.0 Å². The molecule has 128 valence electrons. The molecule has 1 fully saturated rings. The van der Waals surface area contributed by atoms with E-state index >= 15 is 0 Å². The van der Waals surface area contributed by atoms with E-state index < -0.39 is 0 Å².